The second-order valence-corrected chi connectivity index (χ2v) is 5.49. The summed E-state index contributed by atoms with van der Waals surface area (Å²) in [7, 11) is 1.89. The lowest BCUT2D eigenvalue weighted by Crippen LogP contribution is -2.58. The summed E-state index contributed by atoms with van der Waals surface area (Å²) in [5.74, 6) is 0.177. The molecule has 110 valence electrons. The number of para-hydroxylation sites is 1. The van der Waals surface area contributed by atoms with Crippen LogP contribution in [0.25, 0.3) is 0 Å². The van der Waals surface area contributed by atoms with Gasteiger partial charge in [-0.25, -0.2) is 0 Å². The summed E-state index contributed by atoms with van der Waals surface area (Å²) < 4.78 is 0. The van der Waals surface area contributed by atoms with E-state index in [1.54, 1.807) is 0 Å². The van der Waals surface area contributed by atoms with E-state index in [1.807, 2.05) is 18.0 Å². The van der Waals surface area contributed by atoms with Gasteiger partial charge >= 0.3 is 0 Å². The molecule has 20 heavy (non-hydrogen) atoms. The predicted molar refractivity (Wildman–Crippen MR) is 83.2 cm³/mol. The summed E-state index contributed by atoms with van der Waals surface area (Å²) >= 11 is 0. The normalized spacial score (nSPS) is 19.9. The molecule has 0 saturated carbocycles. The Balaban J connectivity index is 2.23. The highest BCUT2D eigenvalue weighted by molar-refractivity contribution is 5.98. The largest absolute Gasteiger partial charge is 0.314 e. The van der Waals surface area contributed by atoms with Crippen LogP contribution in [0.4, 0.5) is 5.69 Å². The fourth-order valence-electron chi connectivity index (χ4n) is 3.04. The van der Waals surface area contributed by atoms with Gasteiger partial charge in [0.15, 0.2) is 0 Å². The Labute approximate surface area is 121 Å². The van der Waals surface area contributed by atoms with E-state index >= 15 is 0 Å². The monoisotopic (exact) mass is 275 g/mol. The van der Waals surface area contributed by atoms with Crippen molar-refractivity contribution in [2.45, 2.75) is 26.8 Å². The lowest BCUT2D eigenvalue weighted by molar-refractivity contribution is -0.124. The van der Waals surface area contributed by atoms with Crippen LogP contribution in [0.3, 0.4) is 0 Å². The molecule has 1 aliphatic heterocycles. The van der Waals surface area contributed by atoms with Crippen LogP contribution in [0.5, 0.6) is 0 Å². The fraction of sp³-hybridized carbons (Fsp3) is 0.562. The number of rotatable bonds is 3. The third kappa shape index (κ3) is 2.86. The van der Waals surface area contributed by atoms with Crippen LogP contribution in [0, 0.1) is 13.8 Å². The van der Waals surface area contributed by atoms with Gasteiger partial charge in [-0.15, -0.1) is 0 Å². The van der Waals surface area contributed by atoms with Gasteiger partial charge in [0, 0.05) is 32.4 Å². The Morgan fingerprint density at radius 1 is 1.40 bits per heavy atom. The van der Waals surface area contributed by atoms with Gasteiger partial charge in [0.05, 0.1) is 0 Å². The molecule has 1 saturated heterocycles. The molecule has 4 nitrogen and oxygen atoms in total. The molecule has 1 unspecified atom stereocenters. The number of anilines is 1. The molecule has 0 spiro atoms. The summed E-state index contributed by atoms with van der Waals surface area (Å²) in [5.41, 5.74) is 3.33. The van der Waals surface area contributed by atoms with E-state index in [0.717, 1.165) is 43.0 Å². The van der Waals surface area contributed by atoms with Crippen LogP contribution in [-0.2, 0) is 4.79 Å². The molecule has 1 heterocycles. The van der Waals surface area contributed by atoms with Gasteiger partial charge in [-0.3, -0.25) is 9.69 Å². The van der Waals surface area contributed by atoms with E-state index in [2.05, 4.69) is 43.1 Å². The number of hydrogen-bond acceptors (Lipinski definition) is 3. The number of amides is 1. The summed E-state index contributed by atoms with van der Waals surface area (Å²) in [6.45, 7) is 9.79. The number of benzene rings is 1. The minimum atomic E-state index is -0.0576. The lowest BCUT2D eigenvalue weighted by Gasteiger charge is -2.37. The maximum absolute atomic E-state index is 12.8. The third-order valence-corrected chi connectivity index (χ3v) is 4.15. The molecule has 1 fully saturated rings. The molecule has 2 rings (SSSR count). The molecule has 1 aliphatic rings. The first kappa shape index (κ1) is 15.0. The highest BCUT2D eigenvalue weighted by atomic mass is 16.2. The summed E-state index contributed by atoms with van der Waals surface area (Å²) in [4.78, 5) is 16.9. The zero-order chi connectivity index (χ0) is 14.7. The number of nitrogens with one attached hydrogen (secondary N) is 1. The Morgan fingerprint density at radius 3 is 2.65 bits per heavy atom. The van der Waals surface area contributed by atoms with Gasteiger partial charge in [0.2, 0.25) is 5.91 Å². The number of likely N-dealkylation sites (N-methyl/N-ethyl adjacent to an activating group) is 2. The van der Waals surface area contributed by atoms with Crippen molar-refractivity contribution in [2.24, 2.45) is 0 Å². The SMILES string of the molecule is CCN1CCNCC1C(=O)N(C)c1c(C)cccc1C. The van der Waals surface area contributed by atoms with Crippen LogP contribution >= 0.6 is 0 Å². The fourth-order valence-corrected chi connectivity index (χ4v) is 3.04. The number of piperazine rings is 1. The average molecular weight is 275 g/mol. The van der Waals surface area contributed by atoms with Crippen molar-refractivity contribution in [1.82, 2.24) is 10.2 Å². The number of aryl methyl sites for hydroxylation is 2. The van der Waals surface area contributed by atoms with Crippen LogP contribution in [0.2, 0.25) is 0 Å². The van der Waals surface area contributed by atoms with Crippen molar-refractivity contribution in [2.75, 3.05) is 38.1 Å². The molecule has 1 amide bonds. The molecule has 1 aromatic carbocycles. The molecule has 0 aromatic heterocycles. The van der Waals surface area contributed by atoms with E-state index in [0.29, 0.717) is 0 Å². The van der Waals surface area contributed by atoms with Gasteiger partial charge in [0.1, 0.15) is 6.04 Å². The van der Waals surface area contributed by atoms with E-state index < -0.39 is 0 Å². The highest BCUT2D eigenvalue weighted by Crippen LogP contribution is 2.24. The van der Waals surface area contributed by atoms with Crippen LogP contribution < -0.4 is 10.2 Å². The van der Waals surface area contributed by atoms with Gasteiger partial charge in [-0.1, -0.05) is 25.1 Å². The molecule has 0 bridgehead atoms. The van der Waals surface area contributed by atoms with Crippen molar-refractivity contribution >= 4 is 11.6 Å². The van der Waals surface area contributed by atoms with Crippen molar-refractivity contribution in [3.8, 4) is 0 Å². The summed E-state index contributed by atoms with van der Waals surface area (Å²) in [5, 5.41) is 3.33. The standard InChI is InChI=1S/C16H25N3O/c1-5-19-10-9-17-11-14(19)16(20)18(4)15-12(2)7-6-8-13(15)3/h6-8,14,17H,5,9-11H2,1-4H3. The predicted octanol–water partition coefficient (Wildman–Crippen LogP) is 1.56. The first-order chi connectivity index (χ1) is 9.56. The molecule has 1 atom stereocenters. The molecule has 1 N–H and O–H groups in total. The number of hydrogen-bond donors (Lipinski definition) is 1. The molecule has 4 heteroatoms. The molecule has 0 radical (unpaired) electrons. The Hall–Kier alpha value is -1.39. The summed E-state index contributed by atoms with van der Waals surface area (Å²) in [6.07, 6.45) is 0. The maximum atomic E-state index is 12.8. The maximum Gasteiger partial charge on any atom is 0.245 e. The van der Waals surface area contributed by atoms with E-state index in [1.165, 1.54) is 0 Å². The number of carbonyl (C=O) groups is 1. The minimum absolute atomic E-state index is 0.0576. The van der Waals surface area contributed by atoms with Crippen molar-refractivity contribution in [1.29, 1.82) is 0 Å². The third-order valence-electron chi connectivity index (χ3n) is 4.15. The quantitative estimate of drug-likeness (QED) is 0.909. The first-order valence-electron chi connectivity index (χ1n) is 7.34. The Kier molecular flexibility index (Phi) is 4.78. The highest BCUT2D eigenvalue weighted by Gasteiger charge is 2.30. The van der Waals surface area contributed by atoms with Gasteiger partial charge in [-0.2, -0.15) is 0 Å². The Bertz CT molecular complexity index is 466. The Morgan fingerprint density at radius 2 is 2.05 bits per heavy atom. The molecular weight excluding hydrogens is 250 g/mol. The van der Waals surface area contributed by atoms with Crippen LogP contribution in [-0.4, -0.2) is 50.1 Å². The van der Waals surface area contributed by atoms with E-state index in [9.17, 15) is 4.79 Å². The smallest absolute Gasteiger partial charge is 0.245 e. The van der Waals surface area contributed by atoms with Crippen molar-refractivity contribution < 1.29 is 4.79 Å². The molecule has 1 aromatic rings. The van der Waals surface area contributed by atoms with Crippen molar-refractivity contribution in [3.63, 3.8) is 0 Å². The zero-order valence-electron chi connectivity index (χ0n) is 12.9. The van der Waals surface area contributed by atoms with Gasteiger partial charge < -0.3 is 10.2 Å². The van der Waals surface area contributed by atoms with Crippen molar-refractivity contribution in [3.05, 3.63) is 29.3 Å². The topological polar surface area (TPSA) is 35.6 Å². The second-order valence-electron chi connectivity index (χ2n) is 5.49. The molecule has 0 aliphatic carbocycles. The lowest BCUT2D eigenvalue weighted by atomic mass is 10.1. The van der Waals surface area contributed by atoms with Gasteiger partial charge in [0.25, 0.3) is 0 Å². The summed E-state index contributed by atoms with van der Waals surface area (Å²) in [6, 6.07) is 6.09. The average Bonchev–Trinajstić information content (AvgIpc) is 2.46. The number of nitrogens with zero attached hydrogens (tertiary/aromatic N) is 2. The molecular formula is C16H25N3O. The van der Waals surface area contributed by atoms with Crippen LogP contribution in [0.1, 0.15) is 18.1 Å². The van der Waals surface area contributed by atoms with E-state index in [-0.39, 0.29) is 11.9 Å². The minimum Gasteiger partial charge on any atom is -0.314 e. The number of carbonyl (C=O) groups excluding carboxylic acids is 1. The van der Waals surface area contributed by atoms with Gasteiger partial charge in [-0.05, 0) is 31.5 Å². The zero-order valence-corrected chi connectivity index (χ0v) is 12.9. The second kappa shape index (κ2) is 6.37. The first-order valence-corrected chi connectivity index (χ1v) is 7.34. The van der Waals surface area contributed by atoms with E-state index in [4.69, 9.17) is 0 Å². The van der Waals surface area contributed by atoms with Crippen LogP contribution in [0.15, 0.2) is 18.2 Å².